The minimum absolute atomic E-state index is 0.260. The highest BCUT2D eigenvalue weighted by Gasteiger charge is 2.17. The molecule has 0 bridgehead atoms. The van der Waals surface area contributed by atoms with E-state index in [9.17, 15) is 24.8 Å². The number of amides is 2. The lowest BCUT2D eigenvalue weighted by atomic mass is 10.2. The van der Waals surface area contributed by atoms with Gasteiger partial charge in [-0.05, 0) is 46.9 Å². The van der Waals surface area contributed by atoms with Crippen LogP contribution in [0, 0.1) is 13.7 Å². The molecule has 0 saturated heterocycles. The first-order chi connectivity index (χ1) is 12.3. The Morgan fingerprint density at radius 3 is 2.69 bits per heavy atom. The van der Waals surface area contributed by atoms with Crippen molar-refractivity contribution in [3.8, 4) is 5.75 Å². The van der Waals surface area contributed by atoms with Crippen LogP contribution >= 0.6 is 22.6 Å². The smallest absolute Gasteiger partial charge is 0.312 e. The first kappa shape index (κ1) is 19.3. The summed E-state index contributed by atoms with van der Waals surface area (Å²) in [4.78, 5) is 33.3. The van der Waals surface area contributed by atoms with Crippen molar-refractivity contribution in [2.75, 3.05) is 5.32 Å². The van der Waals surface area contributed by atoms with Crippen molar-refractivity contribution in [3.63, 3.8) is 0 Å². The number of hydrogen-bond donors (Lipinski definition) is 3. The first-order valence-electron chi connectivity index (χ1n) is 7.16. The summed E-state index contributed by atoms with van der Waals surface area (Å²) in [5.74, 6) is -1.20. The second-order valence-corrected chi connectivity index (χ2v) is 6.25. The molecule has 0 atom stereocenters. The first-order valence-corrected chi connectivity index (χ1v) is 8.23. The monoisotopic (exact) mass is 468 g/mol. The van der Waals surface area contributed by atoms with Crippen LogP contribution in [0.1, 0.15) is 22.8 Å². The van der Waals surface area contributed by atoms with Crippen LogP contribution in [0.5, 0.6) is 5.75 Å². The minimum atomic E-state index is -0.707. The SMILES string of the molecule is CC(=O)Nc1cccc(C(=O)N/N=C/c2cc(I)c(O)c([N+](=O)[O-])c2)c1. The number of benzene rings is 2. The molecule has 0 aromatic heterocycles. The van der Waals surface area contributed by atoms with Crippen molar-refractivity contribution in [2.45, 2.75) is 6.92 Å². The molecule has 0 unspecified atom stereocenters. The van der Waals surface area contributed by atoms with Gasteiger partial charge in [0.15, 0.2) is 0 Å². The molecule has 3 N–H and O–H groups in total. The zero-order valence-corrected chi connectivity index (χ0v) is 15.6. The highest BCUT2D eigenvalue weighted by Crippen LogP contribution is 2.31. The summed E-state index contributed by atoms with van der Waals surface area (Å²) in [6.45, 7) is 1.36. The molecule has 0 aliphatic carbocycles. The van der Waals surface area contributed by atoms with Gasteiger partial charge in [-0.15, -0.1) is 0 Å². The van der Waals surface area contributed by atoms with E-state index in [1.165, 1.54) is 25.3 Å². The molecule has 134 valence electrons. The molecule has 2 aromatic carbocycles. The fourth-order valence-corrected chi connectivity index (χ4v) is 2.63. The third kappa shape index (κ3) is 4.99. The van der Waals surface area contributed by atoms with Crippen LogP contribution in [0.25, 0.3) is 0 Å². The quantitative estimate of drug-likeness (QED) is 0.269. The van der Waals surface area contributed by atoms with Crippen LogP contribution in [0.3, 0.4) is 0 Å². The number of rotatable bonds is 5. The van der Waals surface area contributed by atoms with Crippen LogP contribution in [-0.4, -0.2) is 28.1 Å². The van der Waals surface area contributed by atoms with E-state index in [2.05, 4.69) is 15.8 Å². The molecule has 9 nitrogen and oxygen atoms in total. The summed E-state index contributed by atoms with van der Waals surface area (Å²) < 4.78 is 0.285. The molecule has 2 amide bonds. The van der Waals surface area contributed by atoms with Gasteiger partial charge in [-0.25, -0.2) is 5.43 Å². The van der Waals surface area contributed by atoms with E-state index >= 15 is 0 Å². The molecular formula is C16H13IN4O5. The number of nitrogens with zero attached hydrogens (tertiary/aromatic N) is 2. The predicted molar refractivity (Wildman–Crippen MR) is 103 cm³/mol. The Bertz CT molecular complexity index is 914. The lowest BCUT2D eigenvalue weighted by Gasteiger charge is -2.05. The maximum absolute atomic E-state index is 12.1. The Labute approximate surface area is 161 Å². The second-order valence-electron chi connectivity index (χ2n) is 5.09. The maximum Gasteiger partial charge on any atom is 0.312 e. The number of anilines is 1. The normalized spacial score (nSPS) is 10.5. The molecule has 2 rings (SSSR count). The van der Waals surface area contributed by atoms with Crippen LogP contribution in [0.2, 0.25) is 0 Å². The summed E-state index contributed by atoms with van der Waals surface area (Å²) in [6.07, 6.45) is 1.23. The summed E-state index contributed by atoms with van der Waals surface area (Å²) in [5, 5.41) is 26.9. The fraction of sp³-hybridized carbons (Fsp3) is 0.0625. The Morgan fingerprint density at radius 2 is 2.04 bits per heavy atom. The number of nitro groups is 1. The largest absolute Gasteiger partial charge is 0.501 e. The van der Waals surface area contributed by atoms with Gasteiger partial charge in [0.1, 0.15) is 0 Å². The van der Waals surface area contributed by atoms with Crippen molar-refractivity contribution in [2.24, 2.45) is 5.10 Å². The molecule has 0 aliphatic heterocycles. The standard InChI is InChI=1S/C16H13IN4O5/c1-9(22)19-12-4-2-3-11(7-12)16(24)20-18-8-10-5-13(17)15(23)14(6-10)21(25)26/h2-8,23H,1H3,(H,19,22)(H,20,24)/b18-8+. The summed E-state index contributed by atoms with van der Waals surface area (Å²) in [6, 6.07) is 8.90. The number of phenolic OH excluding ortho intramolecular Hbond substituents is 1. The van der Waals surface area contributed by atoms with Crippen LogP contribution in [-0.2, 0) is 4.79 Å². The fourth-order valence-electron chi connectivity index (χ4n) is 1.99. The van der Waals surface area contributed by atoms with Gasteiger partial charge in [-0.1, -0.05) is 6.07 Å². The number of halogens is 1. The minimum Gasteiger partial charge on any atom is -0.501 e. The molecule has 26 heavy (non-hydrogen) atoms. The summed E-state index contributed by atoms with van der Waals surface area (Å²) in [7, 11) is 0. The van der Waals surface area contributed by atoms with Gasteiger partial charge in [0.05, 0.1) is 14.7 Å². The van der Waals surface area contributed by atoms with E-state index in [-0.39, 0.29) is 15.0 Å². The molecule has 0 radical (unpaired) electrons. The highest BCUT2D eigenvalue weighted by atomic mass is 127. The van der Waals surface area contributed by atoms with Crippen LogP contribution in [0.4, 0.5) is 11.4 Å². The lowest BCUT2D eigenvalue weighted by Crippen LogP contribution is -2.18. The van der Waals surface area contributed by atoms with Gasteiger partial charge in [0.25, 0.3) is 5.91 Å². The van der Waals surface area contributed by atoms with Crippen molar-refractivity contribution in [3.05, 3.63) is 61.2 Å². The van der Waals surface area contributed by atoms with Gasteiger partial charge in [-0.2, -0.15) is 5.10 Å². The molecule has 0 heterocycles. The van der Waals surface area contributed by atoms with Crippen molar-refractivity contribution in [1.82, 2.24) is 5.43 Å². The topological polar surface area (TPSA) is 134 Å². The molecule has 10 heteroatoms. The molecule has 0 spiro atoms. The number of carbonyl (C=O) groups is 2. The van der Waals surface area contributed by atoms with E-state index in [0.29, 0.717) is 11.3 Å². The Hall–Kier alpha value is -3.02. The Balaban J connectivity index is 2.12. The number of nitro benzene ring substituents is 1. The summed E-state index contributed by atoms with van der Waals surface area (Å²) >= 11 is 1.76. The van der Waals surface area contributed by atoms with Crippen molar-refractivity contribution >= 4 is 52.0 Å². The number of hydrogen-bond acceptors (Lipinski definition) is 6. The van der Waals surface area contributed by atoms with E-state index < -0.39 is 22.3 Å². The second kappa shape index (κ2) is 8.38. The van der Waals surface area contributed by atoms with E-state index in [1.807, 2.05) is 0 Å². The van der Waals surface area contributed by atoms with Gasteiger partial charge in [-0.3, -0.25) is 19.7 Å². The Morgan fingerprint density at radius 1 is 1.31 bits per heavy atom. The number of phenols is 1. The van der Waals surface area contributed by atoms with Crippen molar-refractivity contribution in [1.29, 1.82) is 0 Å². The zero-order chi connectivity index (χ0) is 19.3. The third-order valence-electron chi connectivity index (χ3n) is 3.09. The van der Waals surface area contributed by atoms with Gasteiger partial charge >= 0.3 is 5.69 Å². The predicted octanol–water partition coefficient (Wildman–Crippen LogP) is 2.63. The average molecular weight is 468 g/mol. The third-order valence-corrected chi connectivity index (χ3v) is 3.91. The van der Waals surface area contributed by atoms with Gasteiger partial charge < -0.3 is 10.4 Å². The van der Waals surface area contributed by atoms with E-state index in [0.717, 1.165) is 6.07 Å². The average Bonchev–Trinajstić information content (AvgIpc) is 2.57. The maximum atomic E-state index is 12.1. The number of hydrazone groups is 1. The lowest BCUT2D eigenvalue weighted by molar-refractivity contribution is -0.386. The number of carbonyl (C=O) groups excluding carboxylic acids is 2. The zero-order valence-electron chi connectivity index (χ0n) is 13.4. The van der Waals surface area contributed by atoms with Crippen LogP contribution in [0.15, 0.2) is 41.5 Å². The highest BCUT2D eigenvalue weighted by molar-refractivity contribution is 14.1. The Kier molecular flexibility index (Phi) is 6.22. The molecule has 0 aliphatic rings. The number of nitrogens with one attached hydrogen (secondary N) is 2. The molecule has 0 saturated carbocycles. The van der Waals surface area contributed by atoms with E-state index in [4.69, 9.17) is 0 Å². The van der Waals surface area contributed by atoms with Crippen LogP contribution < -0.4 is 10.7 Å². The number of aromatic hydroxyl groups is 1. The van der Waals surface area contributed by atoms with Gasteiger partial charge in [0, 0.05) is 29.8 Å². The molecular weight excluding hydrogens is 455 g/mol. The van der Waals surface area contributed by atoms with Crippen molar-refractivity contribution < 1.29 is 19.6 Å². The van der Waals surface area contributed by atoms with E-state index in [1.54, 1.807) is 40.8 Å². The summed E-state index contributed by atoms with van der Waals surface area (Å²) in [5.41, 5.74) is 2.93. The van der Waals surface area contributed by atoms with Gasteiger partial charge in [0.2, 0.25) is 11.7 Å². The molecule has 2 aromatic rings. The molecule has 0 fully saturated rings.